The fraction of sp³-hybridized carbons (Fsp3) is 0.417. The molecule has 172 valence electrons. The van der Waals surface area contributed by atoms with Gasteiger partial charge >= 0.3 is 5.97 Å². The van der Waals surface area contributed by atoms with Gasteiger partial charge in [-0.25, -0.2) is 0 Å². The molecule has 0 aromatic heterocycles. The Hall–Kier alpha value is -2.38. The fourth-order valence-corrected chi connectivity index (χ4v) is 4.67. The molecule has 8 heteroatoms. The van der Waals surface area contributed by atoms with Gasteiger partial charge in [0, 0.05) is 22.4 Å². The minimum Gasteiger partial charge on any atom is -0.507 e. The van der Waals surface area contributed by atoms with E-state index in [0.717, 1.165) is 40.4 Å². The number of phenolic OH excluding ortho intramolecular Hbond substituents is 1. The first-order valence-electron chi connectivity index (χ1n) is 10.7. The number of phenols is 1. The van der Waals surface area contributed by atoms with Gasteiger partial charge in [0.25, 0.3) is 0 Å². The van der Waals surface area contributed by atoms with E-state index in [1.54, 1.807) is 23.9 Å². The predicted octanol–water partition coefficient (Wildman–Crippen LogP) is 5.58. The van der Waals surface area contributed by atoms with E-state index in [1.807, 2.05) is 18.2 Å². The number of aryl methyl sites for hydroxylation is 1. The van der Waals surface area contributed by atoms with Crippen LogP contribution in [0, 0.1) is 5.92 Å². The highest BCUT2D eigenvalue weighted by molar-refractivity contribution is 7.99. The van der Waals surface area contributed by atoms with Crippen molar-refractivity contribution >= 4 is 35.5 Å². The largest absolute Gasteiger partial charge is 0.507 e. The van der Waals surface area contributed by atoms with Crippen molar-refractivity contribution in [3.8, 4) is 11.5 Å². The molecule has 0 atom stereocenters. The summed E-state index contributed by atoms with van der Waals surface area (Å²) in [7, 11) is 0. The number of ether oxygens (including phenoxy) is 1. The second kappa shape index (κ2) is 12.0. The lowest BCUT2D eigenvalue weighted by Gasteiger charge is -2.16. The monoisotopic (exact) mass is 477 g/mol. The molecule has 3 N–H and O–H groups in total. The van der Waals surface area contributed by atoms with Crippen molar-refractivity contribution in [2.24, 2.45) is 11.1 Å². The molecule has 1 aliphatic carbocycles. The summed E-state index contributed by atoms with van der Waals surface area (Å²) in [5.74, 6) is 1.57. The zero-order valence-electron chi connectivity index (χ0n) is 17.8. The first kappa shape index (κ1) is 24.3. The fourth-order valence-electron chi connectivity index (χ4n) is 3.46. The van der Waals surface area contributed by atoms with Crippen molar-refractivity contribution in [2.45, 2.75) is 49.8 Å². The van der Waals surface area contributed by atoms with Gasteiger partial charge in [-0.1, -0.05) is 23.7 Å². The van der Waals surface area contributed by atoms with E-state index in [2.05, 4.69) is 5.16 Å². The van der Waals surface area contributed by atoms with Crippen LogP contribution in [0.3, 0.4) is 0 Å². The second-order valence-corrected chi connectivity index (χ2v) is 9.46. The second-order valence-electron chi connectivity index (χ2n) is 7.92. The Morgan fingerprint density at radius 1 is 1.28 bits per heavy atom. The van der Waals surface area contributed by atoms with Crippen LogP contribution >= 0.6 is 23.4 Å². The maximum Gasteiger partial charge on any atom is 0.307 e. The number of hydrogen-bond acceptors (Lipinski definition) is 6. The lowest BCUT2D eigenvalue weighted by molar-refractivity contribution is -0.136. The predicted molar refractivity (Wildman–Crippen MR) is 127 cm³/mol. The molecule has 3 rings (SSSR count). The molecule has 1 aliphatic rings. The van der Waals surface area contributed by atoms with Crippen molar-refractivity contribution in [1.82, 2.24) is 0 Å². The highest BCUT2D eigenvalue weighted by atomic mass is 35.5. The number of hydrogen-bond donors (Lipinski definition) is 3. The van der Waals surface area contributed by atoms with E-state index in [0.29, 0.717) is 41.7 Å². The summed E-state index contributed by atoms with van der Waals surface area (Å²) in [4.78, 5) is 11.7. The van der Waals surface area contributed by atoms with Crippen LogP contribution in [0.1, 0.15) is 42.4 Å². The Labute approximate surface area is 197 Å². The van der Waals surface area contributed by atoms with Gasteiger partial charge < -0.3 is 20.2 Å². The van der Waals surface area contributed by atoms with Gasteiger partial charge in [-0.3, -0.25) is 4.79 Å². The molecule has 0 heterocycles. The van der Waals surface area contributed by atoms with Crippen LogP contribution < -0.4 is 4.74 Å². The lowest BCUT2D eigenvalue weighted by Crippen LogP contribution is -2.04. The van der Waals surface area contributed by atoms with E-state index in [9.17, 15) is 9.90 Å². The average molecular weight is 478 g/mol. The third kappa shape index (κ3) is 7.35. The molecule has 0 spiro atoms. The summed E-state index contributed by atoms with van der Waals surface area (Å²) in [5, 5.41) is 31.8. The number of halogens is 1. The minimum absolute atomic E-state index is 0.0393. The molecule has 0 radical (unpaired) electrons. The van der Waals surface area contributed by atoms with Gasteiger partial charge in [-0.2, -0.15) is 0 Å². The van der Waals surface area contributed by atoms with Crippen molar-refractivity contribution < 1.29 is 25.0 Å². The highest BCUT2D eigenvalue weighted by Crippen LogP contribution is 2.40. The molecular formula is C24H28ClNO5S. The summed E-state index contributed by atoms with van der Waals surface area (Å²) in [5.41, 5.74) is 2.39. The van der Waals surface area contributed by atoms with Crippen molar-refractivity contribution in [3.05, 3.63) is 52.0 Å². The van der Waals surface area contributed by atoms with Crippen LogP contribution in [0.5, 0.6) is 11.5 Å². The molecule has 0 aliphatic heterocycles. The Morgan fingerprint density at radius 2 is 2.09 bits per heavy atom. The smallest absolute Gasteiger partial charge is 0.307 e. The zero-order valence-corrected chi connectivity index (χ0v) is 19.4. The van der Waals surface area contributed by atoms with E-state index in [4.69, 9.17) is 26.7 Å². The van der Waals surface area contributed by atoms with Crippen LogP contribution in [0.15, 0.2) is 40.4 Å². The molecule has 2 aromatic carbocycles. The number of nitrogens with zero attached hydrogens (tertiary/aromatic N) is 1. The standard InChI is InChI=1S/C24H28ClNO5S/c25-20-14-17(15-23(27)28)6-9-22(20)32-12-2-11-31-21-8-7-18(3-1-10-26-30)24(29)19(21)13-16-4-5-16/h6-10,14,16,29-30H,1-5,11-13,15H2,(H,27,28). The highest BCUT2D eigenvalue weighted by Gasteiger charge is 2.25. The molecular weight excluding hydrogens is 450 g/mol. The summed E-state index contributed by atoms with van der Waals surface area (Å²) >= 11 is 7.89. The molecule has 0 amide bonds. The van der Waals surface area contributed by atoms with E-state index in [-0.39, 0.29) is 6.42 Å². The van der Waals surface area contributed by atoms with Crippen LogP contribution in [0.4, 0.5) is 0 Å². The molecule has 32 heavy (non-hydrogen) atoms. The van der Waals surface area contributed by atoms with Gasteiger partial charge in [0.15, 0.2) is 0 Å². The average Bonchev–Trinajstić information content (AvgIpc) is 3.57. The SMILES string of the molecule is O=C(O)Cc1ccc(SCCCOc2ccc(CCC=NO)c(O)c2CC2CC2)c(Cl)c1. The summed E-state index contributed by atoms with van der Waals surface area (Å²) in [6.45, 7) is 0.523. The summed E-state index contributed by atoms with van der Waals surface area (Å²) in [6, 6.07) is 9.15. The number of benzene rings is 2. The minimum atomic E-state index is -0.877. The number of carbonyl (C=O) groups is 1. The van der Waals surface area contributed by atoms with E-state index >= 15 is 0 Å². The Morgan fingerprint density at radius 3 is 2.78 bits per heavy atom. The van der Waals surface area contributed by atoms with Gasteiger partial charge in [0.2, 0.25) is 0 Å². The number of carboxylic acids is 1. The molecule has 1 fully saturated rings. The van der Waals surface area contributed by atoms with Crippen molar-refractivity contribution in [2.75, 3.05) is 12.4 Å². The number of oxime groups is 1. The molecule has 0 saturated heterocycles. The van der Waals surface area contributed by atoms with Crippen LogP contribution in [-0.2, 0) is 24.1 Å². The number of aliphatic carboxylic acids is 1. The van der Waals surface area contributed by atoms with Crippen molar-refractivity contribution in [3.63, 3.8) is 0 Å². The van der Waals surface area contributed by atoms with Crippen LogP contribution in [-0.4, -0.2) is 40.0 Å². The Bertz CT molecular complexity index is 962. The maximum absolute atomic E-state index is 10.8. The van der Waals surface area contributed by atoms with Crippen molar-refractivity contribution in [1.29, 1.82) is 0 Å². The quantitative estimate of drug-likeness (QED) is 0.114. The number of rotatable bonds is 13. The number of carboxylic acid groups (broad SMARTS) is 1. The first-order valence-corrected chi connectivity index (χ1v) is 12.1. The topological polar surface area (TPSA) is 99.4 Å². The summed E-state index contributed by atoms with van der Waals surface area (Å²) in [6.07, 6.45) is 6.54. The zero-order chi connectivity index (χ0) is 22.9. The van der Waals surface area contributed by atoms with Gasteiger partial charge in [-0.05, 0) is 73.8 Å². The Kier molecular flexibility index (Phi) is 9.11. The molecule has 0 unspecified atom stereocenters. The van der Waals surface area contributed by atoms with Gasteiger partial charge in [0.1, 0.15) is 11.5 Å². The van der Waals surface area contributed by atoms with E-state index in [1.165, 1.54) is 19.1 Å². The van der Waals surface area contributed by atoms with Gasteiger partial charge in [0.05, 0.1) is 18.1 Å². The molecule has 2 aromatic rings. The lowest BCUT2D eigenvalue weighted by atomic mass is 10.00. The van der Waals surface area contributed by atoms with Crippen LogP contribution in [0.2, 0.25) is 5.02 Å². The number of aromatic hydroxyl groups is 1. The summed E-state index contributed by atoms with van der Waals surface area (Å²) < 4.78 is 6.02. The first-order chi connectivity index (χ1) is 15.5. The third-order valence-corrected chi connectivity index (χ3v) is 6.88. The molecule has 0 bridgehead atoms. The maximum atomic E-state index is 10.8. The Balaban J connectivity index is 1.52. The molecule has 1 saturated carbocycles. The molecule has 6 nitrogen and oxygen atoms in total. The van der Waals surface area contributed by atoms with E-state index < -0.39 is 5.97 Å². The normalized spacial score (nSPS) is 13.5. The number of thioether (sulfide) groups is 1. The van der Waals surface area contributed by atoms with Gasteiger partial charge in [-0.15, -0.1) is 16.9 Å². The third-order valence-electron chi connectivity index (χ3n) is 5.29. The van der Waals surface area contributed by atoms with Crippen LogP contribution in [0.25, 0.3) is 0 Å².